The average molecular weight is 470 g/mol. The first-order valence-corrected chi connectivity index (χ1v) is 10.9. The second kappa shape index (κ2) is 9.46. The first-order valence-electron chi connectivity index (χ1n) is 9.69. The summed E-state index contributed by atoms with van der Waals surface area (Å²) in [6, 6.07) is 14.3. The number of hydrogen-bond donors (Lipinski definition) is 1. The van der Waals surface area contributed by atoms with Crippen LogP contribution in [0.5, 0.6) is 5.75 Å². The highest BCUT2D eigenvalue weighted by atomic mass is 35.5. The number of ether oxygens (including phenoxy) is 1. The van der Waals surface area contributed by atoms with Gasteiger partial charge in [-0.1, -0.05) is 22.8 Å². The van der Waals surface area contributed by atoms with Crippen LogP contribution in [0.3, 0.4) is 0 Å². The Bertz CT molecular complexity index is 1250. The normalized spacial score (nSPS) is 10.9. The number of aromatic nitrogens is 4. The number of nitrogens with one attached hydrogen (secondary N) is 1. The zero-order chi connectivity index (χ0) is 22.7. The van der Waals surface area contributed by atoms with Crippen LogP contribution in [0.4, 0.5) is 0 Å². The van der Waals surface area contributed by atoms with Gasteiger partial charge in [0.05, 0.1) is 19.3 Å². The van der Waals surface area contributed by atoms with E-state index in [-0.39, 0.29) is 12.5 Å². The Kier molecular flexibility index (Phi) is 6.48. The standard InChI is InChI=1S/C22H20ClN5O3S/c1-13-11-20(27-31-13)32-22-26-25-19(28(22)18-6-4-5-17(23)14(18)2)12-24-21(29)15-7-9-16(30-3)10-8-15/h4-11H,12H2,1-3H3,(H,24,29). The second-order valence-electron chi connectivity index (χ2n) is 6.91. The van der Waals surface area contributed by atoms with Crippen molar-refractivity contribution < 1.29 is 14.1 Å². The Hall–Kier alpha value is -3.30. The predicted molar refractivity (Wildman–Crippen MR) is 121 cm³/mol. The van der Waals surface area contributed by atoms with Gasteiger partial charge in [0, 0.05) is 16.7 Å². The molecule has 0 aliphatic carbocycles. The molecule has 2 aromatic carbocycles. The molecule has 2 aromatic heterocycles. The SMILES string of the molecule is COc1ccc(C(=O)NCc2nnc(Sc3cc(C)on3)n2-c2cccc(Cl)c2C)cc1. The summed E-state index contributed by atoms with van der Waals surface area (Å²) in [5.74, 6) is 1.71. The van der Waals surface area contributed by atoms with Crippen LogP contribution in [-0.2, 0) is 6.54 Å². The molecule has 0 bridgehead atoms. The topological polar surface area (TPSA) is 95.1 Å². The average Bonchev–Trinajstić information content (AvgIpc) is 3.40. The Labute approximate surface area is 193 Å². The molecule has 1 N–H and O–H groups in total. The van der Waals surface area contributed by atoms with Gasteiger partial charge in [-0.05, 0) is 67.6 Å². The lowest BCUT2D eigenvalue weighted by molar-refractivity contribution is 0.0949. The molecule has 0 fully saturated rings. The van der Waals surface area contributed by atoms with Crippen LogP contribution in [0.2, 0.25) is 5.02 Å². The summed E-state index contributed by atoms with van der Waals surface area (Å²) >= 11 is 7.68. The third-order valence-electron chi connectivity index (χ3n) is 4.74. The van der Waals surface area contributed by atoms with Crippen molar-refractivity contribution in [3.8, 4) is 11.4 Å². The summed E-state index contributed by atoms with van der Waals surface area (Å²) in [5, 5.41) is 17.4. The number of methoxy groups -OCH3 is 1. The van der Waals surface area contributed by atoms with Crippen molar-refractivity contribution in [2.45, 2.75) is 30.6 Å². The van der Waals surface area contributed by atoms with Crippen molar-refractivity contribution >= 4 is 29.3 Å². The summed E-state index contributed by atoms with van der Waals surface area (Å²) in [7, 11) is 1.58. The molecule has 0 spiro atoms. The van der Waals surface area contributed by atoms with Crippen molar-refractivity contribution in [3.05, 3.63) is 76.3 Å². The number of amides is 1. The summed E-state index contributed by atoms with van der Waals surface area (Å²) < 4.78 is 12.2. The molecule has 4 rings (SSSR count). The molecule has 32 heavy (non-hydrogen) atoms. The van der Waals surface area contributed by atoms with Crippen LogP contribution in [0.25, 0.3) is 5.69 Å². The first kappa shape index (κ1) is 21.9. The highest BCUT2D eigenvalue weighted by molar-refractivity contribution is 7.99. The molecule has 10 heteroatoms. The third-order valence-corrected chi connectivity index (χ3v) is 6.00. The second-order valence-corrected chi connectivity index (χ2v) is 8.30. The fourth-order valence-electron chi connectivity index (χ4n) is 3.05. The molecule has 1 amide bonds. The van der Waals surface area contributed by atoms with Crippen LogP contribution < -0.4 is 10.1 Å². The van der Waals surface area contributed by atoms with E-state index in [4.69, 9.17) is 20.9 Å². The van der Waals surface area contributed by atoms with Crippen molar-refractivity contribution in [3.63, 3.8) is 0 Å². The predicted octanol–water partition coefficient (Wildman–Crippen LogP) is 4.62. The zero-order valence-electron chi connectivity index (χ0n) is 17.6. The molecular formula is C22H20ClN5O3S. The maximum Gasteiger partial charge on any atom is 0.251 e. The number of halogens is 1. The van der Waals surface area contributed by atoms with Crippen LogP contribution in [0.15, 0.2) is 63.2 Å². The Morgan fingerprint density at radius 3 is 2.66 bits per heavy atom. The summed E-state index contributed by atoms with van der Waals surface area (Å²) in [4.78, 5) is 12.6. The fourth-order valence-corrected chi connectivity index (χ4v) is 4.08. The Morgan fingerprint density at radius 1 is 1.19 bits per heavy atom. The number of aryl methyl sites for hydroxylation is 1. The van der Waals surface area contributed by atoms with Gasteiger partial charge >= 0.3 is 0 Å². The molecule has 2 heterocycles. The minimum Gasteiger partial charge on any atom is -0.497 e. The number of hydrogen-bond acceptors (Lipinski definition) is 7. The van der Waals surface area contributed by atoms with Gasteiger partial charge in [-0.25, -0.2) is 0 Å². The van der Waals surface area contributed by atoms with E-state index in [0.717, 1.165) is 11.3 Å². The maximum atomic E-state index is 12.6. The lowest BCUT2D eigenvalue weighted by Gasteiger charge is -2.14. The van der Waals surface area contributed by atoms with Crippen molar-refractivity contribution in [1.82, 2.24) is 25.2 Å². The molecule has 0 unspecified atom stereocenters. The molecule has 164 valence electrons. The van der Waals surface area contributed by atoms with E-state index < -0.39 is 0 Å². The highest BCUT2D eigenvalue weighted by Gasteiger charge is 2.19. The number of carbonyl (C=O) groups excluding carboxylic acids is 1. The van der Waals surface area contributed by atoms with Gasteiger partial charge in [-0.2, -0.15) is 0 Å². The minimum absolute atomic E-state index is 0.169. The third kappa shape index (κ3) is 4.63. The van der Waals surface area contributed by atoms with E-state index in [1.54, 1.807) is 31.4 Å². The smallest absolute Gasteiger partial charge is 0.251 e. The number of nitrogens with zero attached hydrogens (tertiary/aromatic N) is 4. The summed E-state index contributed by atoms with van der Waals surface area (Å²) in [5.41, 5.74) is 2.21. The zero-order valence-corrected chi connectivity index (χ0v) is 19.2. The van der Waals surface area contributed by atoms with E-state index in [2.05, 4.69) is 20.7 Å². The molecule has 0 atom stereocenters. The lowest BCUT2D eigenvalue weighted by atomic mass is 10.2. The molecule has 0 aliphatic rings. The molecule has 4 aromatic rings. The van der Waals surface area contributed by atoms with Gasteiger partial charge in [0.25, 0.3) is 5.91 Å². The number of carbonyl (C=O) groups is 1. The van der Waals surface area contributed by atoms with Crippen LogP contribution in [0, 0.1) is 13.8 Å². The summed E-state index contributed by atoms with van der Waals surface area (Å²) in [6.07, 6.45) is 0. The number of rotatable bonds is 7. The minimum atomic E-state index is -0.230. The molecule has 0 saturated heterocycles. The van der Waals surface area contributed by atoms with Crippen LogP contribution >= 0.6 is 23.4 Å². The molecule has 0 saturated carbocycles. The Morgan fingerprint density at radius 2 is 1.97 bits per heavy atom. The largest absolute Gasteiger partial charge is 0.497 e. The molecule has 0 aliphatic heterocycles. The molecule has 0 radical (unpaired) electrons. The van der Waals surface area contributed by atoms with Crippen molar-refractivity contribution in [2.24, 2.45) is 0 Å². The van der Waals surface area contributed by atoms with Gasteiger partial charge in [-0.3, -0.25) is 9.36 Å². The maximum absolute atomic E-state index is 12.6. The monoisotopic (exact) mass is 469 g/mol. The van der Waals surface area contributed by atoms with Crippen LogP contribution in [0.1, 0.15) is 27.5 Å². The Balaban J connectivity index is 1.63. The van der Waals surface area contributed by atoms with E-state index in [1.165, 1.54) is 11.8 Å². The quantitative estimate of drug-likeness (QED) is 0.422. The summed E-state index contributed by atoms with van der Waals surface area (Å²) in [6.45, 7) is 3.91. The van der Waals surface area contributed by atoms with Gasteiger partial charge < -0.3 is 14.6 Å². The number of benzene rings is 2. The van der Waals surface area contributed by atoms with E-state index >= 15 is 0 Å². The van der Waals surface area contributed by atoms with Crippen molar-refractivity contribution in [1.29, 1.82) is 0 Å². The highest BCUT2D eigenvalue weighted by Crippen LogP contribution is 2.31. The molecule has 8 nitrogen and oxygen atoms in total. The van der Waals surface area contributed by atoms with E-state index in [9.17, 15) is 4.79 Å². The van der Waals surface area contributed by atoms with E-state index in [0.29, 0.717) is 38.1 Å². The van der Waals surface area contributed by atoms with Gasteiger partial charge in [0.15, 0.2) is 5.82 Å². The first-order chi connectivity index (χ1) is 15.5. The van der Waals surface area contributed by atoms with Crippen molar-refractivity contribution in [2.75, 3.05) is 7.11 Å². The van der Waals surface area contributed by atoms with Gasteiger partial charge in [0.1, 0.15) is 16.5 Å². The lowest BCUT2D eigenvalue weighted by Crippen LogP contribution is -2.24. The van der Waals surface area contributed by atoms with Crippen LogP contribution in [-0.4, -0.2) is 32.9 Å². The molecular weight excluding hydrogens is 450 g/mol. The fraction of sp³-hybridized carbons (Fsp3) is 0.182. The van der Waals surface area contributed by atoms with Gasteiger partial charge in [0.2, 0.25) is 5.16 Å². The van der Waals surface area contributed by atoms with Gasteiger partial charge in [-0.15, -0.1) is 10.2 Å². The van der Waals surface area contributed by atoms with E-state index in [1.807, 2.05) is 42.7 Å².